The molecule has 30 heavy (non-hydrogen) atoms. The van der Waals surface area contributed by atoms with Crippen LogP contribution in [0.15, 0.2) is 48.0 Å². The zero-order valence-corrected chi connectivity index (χ0v) is 18.1. The van der Waals surface area contributed by atoms with E-state index in [4.69, 9.17) is 14.2 Å². The van der Waals surface area contributed by atoms with Gasteiger partial charge in [0.1, 0.15) is 0 Å². The van der Waals surface area contributed by atoms with Crippen LogP contribution < -0.4 is 9.47 Å². The summed E-state index contributed by atoms with van der Waals surface area (Å²) >= 11 is 0. The first-order chi connectivity index (χ1) is 14.5. The summed E-state index contributed by atoms with van der Waals surface area (Å²) in [4.78, 5) is 15.4. The number of likely N-dealkylation sites (tertiary alicyclic amines) is 1. The Hall–Kier alpha value is -2.79. The predicted molar refractivity (Wildman–Crippen MR) is 115 cm³/mol. The molecule has 0 amide bonds. The number of ether oxygens (including phenoxy) is 3. The van der Waals surface area contributed by atoms with Crippen molar-refractivity contribution in [2.45, 2.75) is 24.3 Å². The molecule has 4 bridgehead atoms. The number of fused-ring (bicyclic) bond motifs is 2. The molecule has 5 nitrogen and oxygen atoms in total. The van der Waals surface area contributed by atoms with Crippen molar-refractivity contribution in [3.63, 3.8) is 0 Å². The number of likely N-dealkylation sites (N-methyl/N-ethyl adjacent to an activating group) is 1. The highest BCUT2D eigenvalue weighted by Crippen LogP contribution is 2.67. The second-order valence-corrected chi connectivity index (χ2v) is 8.69. The van der Waals surface area contributed by atoms with Gasteiger partial charge in [-0.2, -0.15) is 0 Å². The maximum Gasteiger partial charge on any atom is 0.335 e. The number of carbonyl (C=O) groups excluding carboxylic acids is 1. The van der Waals surface area contributed by atoms with Gasteiger partial charge in [0, 0.05) is 23.8 Å². The van der Waals surface area contributed by atoms with Crippen LogP contribution in [0.5, 0.6) is 11.5 Å². The summed E-state index contributed by atoms with van der Waals surface area (Å²) in [6, 6.07) is 14.5. The fourth-order valence-corrected chi connectivity index (χ4v) is 6.45. The van der Waals surface area contributed by atoms with Crippen LogP contribution in [0.1, 0.15) is 29.5 Å². The van der Waals surface area contributed by atoms with E-state index in [2.05, 4.69) is 43.1 Å². The number of carbonyl (C=O) groups is 1. The van der Waals surface area contributed by atoms with Crippen LogP contribution in [0.2, 0.25) is 0 Å². The van der Waals surface area contributed by atoms with Gasteiger partial charge in [-0.05, 0) is 41.4 Å². The third-order valence-electron chi connectivity index (χ3n) is 7.44. The van der Waals surface area contributed by atoms with Crippen LogP contribution in [0.3, 0.4) is 0 Å². The zero-order chi connectivity index (χ0) is 21.2. The van der Waals surface area contributed by atoms with Gasteiger partial charge in [-0.3, -0.25) is 4.90 Å². The molecule has 2 aliphatic carbocycles. The Labute approximate surface area is 177 Å². The summed E-state index contributed by atoms with van der Waals surface area (Å²) in [7, 11) is 6.93. The number of piperidine rings is 1. The van der Waals surface area contributed by atoms with E-state index in [0.29, 0.717) is 0 Å². The highest BCUT2D eigenvalue weighted by molar-refractivity contribution is 6.03. The van der Waals surface area contributed by atoms with Crippen molar-refractivity contribution >= 4 is 11.5 Å². The number of hydrogen-bond donors (Lipinski definition) is 0. The van der Waals surface area contributed by atoms with Crippen LogP contribution >= 0.6 is 0 Å². The smallest absolute Gasteiger partial charge is 0.335 e. The van der Waals surface area contributed by atoms with Gasteiger partial charge in [0.25, 0.3) is 0 Å². The summed E-state index contributed by atoms with van der Waals surface area (Å²) < 4.78 is 16.5. The van der Waals surface area contributed by atoms with Gasteiger partial charge in [-0.15, -0.1) is 0 Å². The highest BCUT2D eigenvalue weighted by Gasteiger charge is 2.66. The molecule has 5 heteroatoms. The Balaban J connectivity index is 1.80. The van der Waals surface area contributed by atoms with Crippen LogP contribution in [-0.2, 0) is 14.9 Å². The van der Waals surface area contributed by atoms with E-state index < -0.39 is 0 Å². The van der Waals surface area contributed by atoms with Gasteiger partial charge in [-0.25, -0.2) is 4.79 Å². The maximum atomic E-state index is 13.1. The molecule has 0 N–H and O–H groups in total. The van der Waals surface area contributed by atoms with Crippen molar-refractivity contribution in [3.8, 4) is 11.5 Å². The number of esters is 1. The molecular formula is C25H27NO4. The molecule has 1 aliphatic heterocycles. The van der Waals surface area contributed by atoms with Crippen LogP contribution in [0.25, 0.3) is 5.57 Å². The van der Waals surface area contributed by atoms with Crippen molar-refractivity contribution in [1.82, 2.24) is 4.90 Å². The Bertz CT molecular complexity index is 1060. The topological polar surface area (TPSA) is 48.0 Å². The van der Waals surface area contributed by atoms with Gasteiger partial charge in [0.05, 0.1) is 32.9 Å². The Kier molecular flexibility index (Phi) is 4.23. The first kappa shape index (κ1) is 19.2. The number of benzene rings is 2. The van der Waals surface area contributed by atoms with Crippen molar-refractivity contribution in [1.29, 1.82) is 0 Å². The minimum absolute atomic E-state index is 0.0549. The number of allylic oxidation sites excluding steroid dienone is 1. The first-order valence-electron chi connectivity index (χ1n) is 10.3. The molecular weight excluding hydrogens is 378 g/mol. The van der Waals surface area contributed by atoms with Crippen molar-refractivity contribution in [2.24, 2.45) is 5.92 Å². The fraction of sp³-hybridized carbons (Fsp3) is 0.400. The second kappa shape index (κ2) is 6.61. The van der Waals surface area contributed by atoms with E-state index in [1.807, 2.05) is 18.2 Å². The normalized spacial score (nSPS) is 29.0. The quantitative estimate of drug-likeness (QED) is 0.727. The lowest BCUT2D eigenvalue weighted by Gasteiger charge is -2.45. The largest absolute Gasteiger partial charge is 0.493 e. The highest BCUT2D eigenvalue weighted by atomic mass is 16.5. The first-order valence-corrected chi connectivity index (χ1v) is 10.3. The Morgan fingerprint density at radius 3 is 2.37 bits per heavy atom. The van der Waals surface area contributed by atoms with Crippen molar-refractivity contribution < 1.29 is 19.0 Å². The molecule has 4 atom stereocenters. The average Bonchev–Trinajstić information content (AvgIpc) is 3.07. The lowest BCUT2D eigenvalue weighted by molar-refractivity contribution is -0.137. The Morgan fingerprint density at radius 2 is 1.73 bits per heavy atom. The number of nitrogens with zero attached hydrogens (tertiary/aromatic N) is 1. The predicted octanol–water partition coefficient (Wildman–Crippen LogP) is 3.63. The van der Waals surface area contributed by atoms with Crippen LogP contribution in [-0.4, -0.2) is 51.8 Å². The van der Waals surface area contributed by atoms with E-state index >= 15 is 0 Å². The van der Waals surface area contributed by atoms with E-state index in [-0.39, 0.29) is 29.3 Å². The summed E-state index contributed by atoms with van der Waals surface area (Å²) in [5, 5.41) is 0. The molecule has 0 radical (unpaired) electrons. The lowest BCUT2D eigenvalue weighted by Crippen LogP contribution is -2.53. The number of rotatable bonds is 4. The monoisotopic (exact) mass is 405 g/mol. The van der Waals surface area contributed by atoms with E-state index in [1.54, 1.807) is 14.2 Å². The number of methoxy groups -OCH3 is 3. The molecule has 1 heterocycles. The van der Waals surface area contributed by atoms with Gasteiger partial charge >= 0.3 is 5.97 Å². The SMILES string of the molecule is COC(=O)C1=C(c2ccccc2)[C@H]2[C@H]3CN(C)[C@@H]1[C@]2(C)c1cc(OC)c(OC)cc13. The van der Waals surface area contributed by atoms with E-state index in [0.717, 1.165) is 34.8 Å². The Morgan fingerprint density at radius 1 is 1.07 bits per heavy atom. The summed E-state index contributed by atoms with van der Waals surface area (Å²) in [5.41, 5.74) is 5.31. The molecule has 5 rings (SSSR count). The summed E-state index contributed by atoms with van der Waals surface area (Å²) in [6.07, 6.45) is 0. The maximum absolute atomic E-state index is 13.1. The molecule has 0 spiro atoms. The average molecular weight is 405 g/mol. The molecule has 0 saturated carbocycles. The third-order valence-corrected chi connectivity index (χ3v) is 7.44. The molecule has 2 aromatic rings. The molecule has 3 aliphatic rings. The van der Waals surface area contributed by atoms with Gasteiger partial charge in [0.2, 0.25) is 0 Å². The number of hydrogen-bond acceptors (Lipinski definition) is 5. The van der Waals surface area contributed by atoms with Crippen LogP contribution in [0.4, 0.5) is 0 Å². The molecule has 0 unspecified atom stereocenters. The van der Waals surface area contributed by atoms with E-state index in [9.17, 15) is 4.79 Å². The molecule has 1 fully saturated rings. The van der Waals surface area contributed by atoms with Gasteiger partial charge in [-0.1, -0.05) is 37.3 Å². The lowest BCUT2D eigenvalue weighted by atomic mass is 9.68. The standard InChI is InChI=1S/C25H27NO4/c1-25-17-12-19(29-4)18(28-3)11-15(17)16-13-26(2)23(25)21(24(27)30-5)20(22(16)25)14-9-7-6-8-10-14/h6-12,16,22-23H,13H2,1-5H3/t16-,22+,23-,25+/m0/s1. The van der Waals surface area contributed by atoms with E-state index in [1.165, 1.54) is 18.2 Å². The van der Waals surface area contributed by atoms with Gasteiger partial charge < -0.3 is 14.2 Å². The minimum Gasteiger partial charge on any atom is -0.493 e. The van der Waals surface area contributed by atoms with Crippen molar-refractivity contribution in [3.05, 3.63) is 64.7 Å². The third kappa shape index (κ3) is 2.24. The molecule has 156 valence electrons. The zero-order valence-electron chi connectivity index (χ0n) is 18.1. The second-order valence-electron chi connectivity index (χ2n) is 8.69. The molecule has 0 aromatic heterocycles. The van der Waals surface area contributed by atoms with Crippen molar-refractivity contribution in [2.75, 3.05) is 34.9 Å². The summed E-state index contributed by atoms with van der Waals surface area (Å²) in [5.74, 6) is 1.71. The fourth-order valence-electron chi connectivity index (χ4n) is 6.45. The summed E-state index contributed by atoms with van der Waals surface area (Å²) in [6.45, 7) is 3.17. The van der Waals surface area contributed by atoms with Crippen LogP contribution in [0, 0.1) is 5.92 Å². The van der Waals surface area contributed by atoms with Gasteiger partial charge in [0.15, 0.2) is 11.5 Å². The molecule has 2 aromatic carbocycles. The minimum atomic E-state index is -0.249. The molecule has 1 saturated heterocycles.